The zero-order valence-electron chi connectivity index (χ0n) is 28.8. The van der Waals surface area contributed by atoms with E-state index in [1.165, 1.54) is 12.1 Å². The Morgan fingerprint density at radius 2 is 1.66 bits per heavy atom. The summed E-state index contributed by atoms with van der Waals surface area (Å²) in [6.45, 7) is 10.1. The molecular weight excluding hydrogens is 599 g/mol. The van der Waals surface area contributed by atoms with Crippen molar-refractivity contribution in [1.82, 2.24) is 24.9 Å². The first-order valence-electron chi connectivity index (χ1n) is 17.4. The van der Waals surface area contributed by atoms with Crippen LogP contribution < -0.4 is 10.6 Å². The summed E-state index contributed by atoms with van der Waals surface area (Å²) < 4.78 is 17.4. The Morgan fingerprint density at radius 1 is 0.979 bits per heavy atom. The average molecular weight is 653 g/mol. The lowest BCUT2D eigenvalue weighted by Crippen LogP contribution is -2.55. The molecule has 2 aliphatic rings. The summed E-state index contributed by atoms with van der Waals surface area (Å²) in [6, 6.07) is 5.52. The monoisotopic (exact) mass is 652 g/mol. The Hall–Kier alpha value is -3.60. The number of nitrogens with one attached hydrogen (secondary N) is 2. The molecule has 4 rings (SSSR count). The fraction of sp³-hybridized carbons (Fsp3) is 0.639. The summed E-state index contributed by atoms with van der Waals surface area (Å²) in [7, 11) is 2.01. The number of halogens is 1. The number of ketones is 1. The van der Waals surface area contributed by atoms with Crippen molar-refractivity contribution in [3.05, 3.63) is 47.5 Å². The molecule has 1 aromatic heterocycles. The van der Waals surface area contributed by atoms with Crippen molar-refractivity contribution < 1.29 is 23.6 Å². The molecule has 1 saturated heterocycles. The third-order valence-electron chi connectivity index (χ3n) is 9.93. The van der Waals surface area contributed by atoms with Crippen LogP contribution in [-0.2, 0) is 14.4 Å². The maximum absolute atomic E-state index is 15.7. The quantitative estimate of drug-likeness (QED) is 0.216. The van der Waals surface area contributed by atoms with Gasteiger partial charge in [0.05, 0.1) is 5.69 Å². The minimum absolute atomic E-state index is 0.0432. The Labute approximate surface area is 278 Å². The highest BCUT2D eigenvalue weighted by molar-refractivity contribution is 5.96. The summed E-state index contributed by atoms with van der Waals surface area (Å²) in [5, 5.41) is 9.99. The fourth-order valence-electron chi connectivity index (χ4n) is 6.89. The Morgan fingerprint density at radius 3 is 2.28 bits per heavy atom. The predicted octanol–water partition coefficient (Wildman–Crippen LogP) is 5.56. The van der Waals surface area contributed by atoms with Gasteiger partial charge in [0.2, 0.25) is 17.7 Å². The fourth-order valence-corrected chi connectivity index (χ4v) is 6.89. The van der Waals surface area contributed by atoms with Crippen LogP contribution in [0.25, 0.3) is 0 Å². The lowest BCUT2D eigenvalue weighted by Gasteiger charge is -2.36. The second kappa shape index (κ2) is 17.0. The number of nitrogens with zero attached hydrogens (tertiary/aromatic N) is 4. The van der Waals surface area contributed by atoms with Crippen molar-refractivity contribution in [2.24, 2.45) is 11.8 Å². The molecular formula is C36H53FN6O4. The molecule has 0 spiro atoms. The van der Waals surface area contributed by atoms with Crippen LogP contribution in [-0.4, -0.2) is 82.4 Å². The van der Waals surface area contributed by atoms with E-state index in [0.717, 1.165) is 51.6 Å². The van der Waals surface area contributed by atoms with E-state index in [9.17, 15) is 19.2 Å². The smallest absolute Gasteiger partial charge is 0.245 e. The lowest BCUT2D eigenvalue weighted by atomic mass is 9.81. The van der Waals surface area contributed by atoms with Crippen LogP contribution in [0.4, 0.5) is 10.1 Å². The van der Waals surface area contributed by atoms with Crippen LogP contribution in [0.2, 0.25) is 0 Å². The summed E-state index contributed by atoms with van der Waals surface area (Å²) in [5.74, 6) is -2.17. The number of carbonyl (C=O) groups is 4. The summed E-state index contributed by atoms with van der Waals surface area (Å²) in [5.41, 5.74) is 1.15. The second-order valence-electron chi connectivity index (χ2n) is 13.6. The molecule has 2 fully saturated rings. The molecule has 2 aromatic rings. The van der Waals surface area contributed by atoms with E-state index in [2.05, 4.69) is 20.6 Å². The van der Waals surface area contributed by atoms with Crippen molar-refractivity contribution in [2.75, 3.05) is 38.5 Å². The van der Waals surface area contributed by atoms with Crippen molar-refractivity contribution in [2.45, 2.75) is 103 Å². The van der Waals surface area contributed by atoms with Gasteiger partial charge in [-0.3, -0.25) is 23.9 Å². The number of likely N-dealkylation sites (N-methyl/N-ethyl adjacent to an activating group) is 1. The van der Waals surface area contributed by atoms with Gasteiger partial charge >= 0.3 is 0 Å². The van der Waals surface area contributed by atoms with Gasteiger partial charge in [0.25, 0.3) is 0 Å². The molecule has 258 valence electrons. The van der Waals surface area contributed by atoms with Gasteiger partial charge in [0.15, 0.2) is 5.78 Å². The van der Waals surface area contributed by atoms with Crippen LogP contribution in [0, 0.1) is 17.7 Å². The maximum atomic E-state index is 15.7. The third-order valence-corrected chi connectivity index (χ3v) is 9.93. The van der Waals surface area contributed by atoms with E-state index in [-0.39, 0.29) is 54.0 Å². The number of rotatable bonds is 13. The van der Waals surface area contributed by atoms with E-state index in [1.54, 1.807) is 34.8 Å². The summed E-state index contributed by atoms with van der Waals surface area (Å²) >= 11 is 0. The zero-order chi connectivity index (χ0) is 34.1. The van der Waals surface area contributed by atoms with E-state index < -0.39 is 23.7 Å². The third kappa shape index (κ3) is 9.49. The summed E-state index contributed by atoms with van der Waals surface area (Å²) in [4.78, 5) is 56.9. The van der Waals surface area contributed by atoms with Gasteiger partial charge in [0.1, 0.15) is 17.6 Å². The topological polar surface area (TPSA) is 117 Å². The first kappa shape index (κ1) is 36.2. The van der Waals surface area contributed by atoms with Crippen molar-refractivity contribution >= 4 is 29.2 Å². The van der Waals surface area contributed by atoms with Crippen LogP contribution in [0.5, 0.6) is 0 Å². The number of benzene rings is 1. The first-order valence-corrected chi connectivity index (χ1v) is 17.4. The van der Waals surface area contributed by atoms with Crippen LogP contribution in [0.1, 0.15) is 113 Å². The molecule has 1 aliphatic carbocycles. The number of aromatic nitrogens is 2. The van der Waals surface area contributed by atoms with E-state index in [4.69, 9.17) is 0 Å². The first-order chi connectivity index (χ1) is 22.5. The molecule has 1 saturated carbocycles. The molecule has 2 heterocycles. The number of carbonyl (C=O) groups excluding carboxylic acids is 4. The molecule has 3 amide bonds. The lowest BCUT2D eigenvalue weighted by molar-refractivity contribution is -0.138. The van der Waals surface area contributed by atoms with Gasteiger partial charge in [-0.1, -0.05) is 45.6 Å². The standard InChI is InChI=1S/C36H53FN6O4/c1-6-33(45)40-34(36(47)42-21-19-41(5)20-22-42)25(4)27-13-15-30(29(37)23-27)39-35(46)28(26-11-9-7-8-10-12-26)14-16-32(44)31-17-18-38-43(31)24(2)3/h13,15,17-18,23-26,28,34H,6-12,14,16,19-22H2,1-5H3,(H,39,46)(H,40,45)/t25-,28-,34+/m0/s1. The van der Waals surface area contributed by atoms with Gasteiger partial charge in [-0.25, -0.2) is 4.39 Å². The zero-order valence-corrected chi connectivity index (χ0v) is 28.8. The molecule has 1 aromatic carbocycles. The minimum Gasteiger partial charge on any atom is -0.344 e. The van der Waals surface area contributed by atoms with Crippen LogP contribution >= 0.6 is 0 Å². The number of hydrogen-bond acceptors (Lipinski definition) is 6. The largest absolute Gasteiger partial charge is 0.344 e. The molecule has 0 bridgehead atoms. The molecule has 0 radical (unpaired) electrons. The van der Waals surface area contributed by atoms with Crippen molar-refractivity contribution in [1.29, 1.82) is 0 Å². The highest BCUT2D eigenvalue weighted by atomic mass is 19.1. The number of piperazine rings is 1. The maximum Gasteiger partial charge on any atom is 0.245 e. The normalized spacial score (nSPS) is 18.3. The second-order valence-corrected chi connectivity index (χ2v) is 13.6. The SMILES string of the molecule is CCC(=O)N[C@@H](C(=O)N1CCN(C)CC1)[C@@H](C)c1ccc(NC(=O)[C@@H](CCC(=O)c2ccnn2C(C)C)C2CCCCCC2)c(F)c1. The van der Waals surface area contributed by atoms with Crippen molar-refractivity contribution in [3.8, 4) is 0 Å². The van der Waals surface area contributed by atoms with Gasteiger partial charge in [-0.2, -0.15) is 5.10 Å². The highest BCUT2D eigenvalue weighted by Crippen LogP contribution is 2.34. The van der Waals surface area contributed by atoms with E-state index in [0.29, 0.717) is 30.8 Å². The van der Waals surface area contributed by atoms with Gasteiger partial charge in [0, 0.05) is 63.1 Å². The molecule has 47 heavy (non-hydrogen) atoms. The van der Waals surface area contributed by atoms with E-state index >= 15 is 4.39 Å². The van der Waals surface area contributed by atoms with Crippen LogP contribution in [0.15, 0.2) is 30.5 Å². The molecule has 10 nitrogen and oxygen atoms in total. The van der Waals surface area contributed by atoms with Crippen LogP contribution in [0.3, 0.4) is 0 Å². The Bertz CT molecular complexity index is 1380. The molecule has 11 heteroatoms. The van der Waals surface area contributed by atoms with Crippen molar-refractivity contribution in [3.63, 3.8) is 0 Å². The predicted molar refractivity (Wildman–Crippen MR) is 181 cm³/mol. The number of anilines is 1. The minimum atomic E-state index is -0.838. The van der Waals surface area contributed by atoms with Gasteiger partial charge in [-0.05, 0) is 69.8 Å². The molecule has 3 atom stereocenters. The number of amides is 3. The number of Topliss-reactive ketones (excluding diaryl/α,β-unsaturated/α-hetero) is 1. The molecule has 1 aliphatic heterocycles. The highest BCUT2D eigenvalue weighted by Gasteiger charge is 2.34. The molecule has 0 unspecified atom stereocenters. The van der Waals surface area contributed by atoms with E-state index in [1.807, 2.05) is 27.8 Å². The Kier molecular flexibility index (Phi) is 13.1. The molecule has 2 N–H and O–H groups in total. The summed E-state index contributed by atoms with van der Waals surface area (Å²) in [6.07, 6.45) is 8.57. The number of hydrogen-bond donors (Lipinski definition) is 2. The Balaban J connectivity index is 1.49. The van der Waals surface area contributed by atoms with Gasteiger partial charge < -0.3 is 20.4 Å². The average Bonchev–Trinajstić information content (AvgIpc) is 3.41. The van der Waals surface area contributed by atoms with Gasteiger partial charge in [-0.15, -0.1) is 0 Å².